The molecule has 1 N–H and O–H groups in total. The van der Waals surface area contributed by atoms with Gasteiger partial charge in [-0.1, -0.05) is 36.4 Å². The van der Waals surface area contributed by atoms with Crippen LogP contribution in [0.3, 0.4) is 0 Å². The van der Waals surface area contributed by atoms with Gasteiger partial charge in [-0.15, -0.1) is 0 Å². The SMILES string of the molecule is O=C(OCc1ccccc1)N1CCN(C2CCC(O)(c3ccc4c(c3)OCO4)CC2)CC1. The molecule has 3 aliphatic rings. The van der Waals surface area contributed by atoms with Crippen molar-refractivity contribution >= 4 is 6.09 Å². The first-order valence-electron chi connectivity index (χ1n) is 11.4. The number of benzene rings is 2. The zero-order chi connectivity index (χ0) is 22.0. The number of ether oxygens (including phenoxy) is 3. The Morgan fingerprint density at radius 3 is 2.47 bits per heavy atom. The number of fused-ring (bicyclic) bond motifs is 1. The standard InChI is InChI=1S/C25H30N2O5/c28-24(30-17-19-4-2-1-3-5-19)27-14-12-26(13-15-27)21-8-10-25(29,11-9-21)20-6-7-22-23(16-20)32-18-31-22/h1-7,16,21,29H,8-15,17-18H2. The number of carbonyl (C=O) groups excluding carboxylic acids is 1. The molecule has 1 amide bonds. The highest BCUT2D eigenvalue weighted by Crippen LogP contribution is 2.42. The second-order valence-corrected chi connectivity index (χ2v) is 8.89. The summed E-state index contributed by atoms with van der Waals surface area (Å²) in [4.78, 5) is 16.7. The Balaban J connectivity index is 1.10. The number of carbonyl (C=O) groups is 1. The number of hydrogen-bond acceptors (Lipinski definition) is 6. The van der Waals surface area contributed by atoms with E-state index in [0.717, 1.165) is 55.6 Å². The van der Waals surface area contributed by atoms with Gasteiger partial charge in [0.2, 0.25) is 6.79 Å². The summed E-state index contributed by atoms with van der Waals surface area (Å²) in [5, 5.41) is 11.3. The lowest BCUT2D eigenvalue weighted by molar-refractivity contribution is -0.0315. The molecule has 0 atom stereocenters. The molecule has 2 aliphatic heterocycles. The molecule has 170 valence electrons. The van der Waals surface area contributed by atoms with Crippen LogP contribution in [0.1, 0.15) is 36.8 Å². The number of amides is 1. The summed E-state index contributed by atoms with van der Waals surface area (Å²) in [5.74, 6) is 1.46. The maximum absolute atomic E-state index is 12.4. The highest BCUT2D eigenvalue weighted by molar-refractivity contribution is 5.67. The molecular formula is C25H30N2O5. The molecule has 0 aromatic heterocycles. The quantitative estimate of drug-likeness (QED) is 0.788. The van der Waals surface area contributed by atoms with E-state index in [9.17, 15) is 9.90 Å². The number of hydrogen-bond donors (Lipinski definition) is 1. The van der Waals surface area contributed by atoms with Gasteiger partial charge in [0.05, 0.1) is 5.60 Å². The smallest absolute Gasteiger partial charge is 0.410 e. The third kappa shape index (κ3) is 4.40. The van der Waals surface area contributed by atoms with Gasteiger partial charge in [0.15, 0.2) is 11.5 Å². The van der Waals surface area contributed by atoms with E-state index in [4.69, 9.17) is 14.2 Å². The maximum Gasteiger partial charge on any atom is 0.410 e. The molecule has 0 radical (unpaired) electrons. The van der Waals surface area contributed by atoms with Crippen molar-refractivity contribution in [2.75, 3.05) is 33.0 Å². The van der Waals surface area contributed by atoms with Crippen LogP contribution in [0.15, 0.2) is 48.5 Å². The lowest BCUT2D eigenvalue weighted by Gasteiger charge is -2.44. The summed E-state index contributed by atoms with van der Waals surface area (Å²) in [5.41, 5.74) is 1.09. The third-order valence-electron chi connectivity index (χ3n) is 6.99. The Labute approximate surface area is 188 Å². The molecule has 2 fully saturated rings. The van der Waals surface area contributed by atoms with Gasteiger partial charge in [0.25, 0.3) is 0 Å². The Kier molecular flexibility index (Phi) is 5.93. The van der Waals surface area contributed by atoms with E-state index in [1.165, 1.54) is 0 Å². The molecule has 0 spiro atoms. The Morgan fingerprint density at radius 2 is 1.72 bits per heavy atom. The van der Waals surface area contributed by atoms with E-state index in [2.05, 4.69) is 4.90 Å². The minimum Gasteiger partial charge on any atom is -0.454 e. The normalized spacial score (nSPS) is 25.5. The summed E-state index contributed by atoms with van der Waals surface area (Å²) < 4.78 is 16.3. The monoisotopic (exact) mass is 438 g/mol. The van der Waals surface area contributed by atoms with Crippen molar-refractivity contribution in [1.82, 2.24) is 9.80 Å². The van der Waals surface area contributed by atoms with E-state index in [-0.39, 0.29) is 12.9 Å². The second kappa shape index (κ2) is 9.00. The van der Waals surface area contributed by atoms with Gasteiger partial charge < -0.3 is 24.2 Å². The molecule has 1 saturated heterocycles. The fourth-order valence-electron chi connectivity index (χ4n) is 5.00. The van der Waals surface area contributed by atoms with Crippen LogP contribution < -0.4 is 9.47 Å². The second-order valence-electron chi connectivity index (χ2n) is 8.89. The molecule has 1 aliphatic carbocycles. The van der Waals surface area contributed by atoms with Gasteiger partial charge in [0.1, 0.15) is 6.61 Å². The van der Waals surface area contributed by atoms with Crippen LogP contribution in [0.2, 0.25) is 0 Å². The number of nitrogens with zero attached hydrogens (tertiary/aromatic N) is 2. The maximum atomic E-state index is 12.4. The molecule has 0 bridgehead atoms. The third-order valence-corrected chi connectivity index (χ3v) is 6.99. The topological polar surface area (TPSA) is 71.5 Å². The molecule has 7 nitrogen and oxygen atoms in total. The van der Waals surface area contributed by atoms with E-state index >= 15 is 0 Å². The van der Waals surface area contributed by atoms with Crippen LogP contribution in [0.25, 0.3) is 0 Å². The number of rotatable bonds is 4. The molecule has 7 heteroatoms. The van der Waals surface area contributed by atoms with Crippen molar-refractivity contribution in [3.05, 3.63) is 59.7 Å². The fourth-order valence-corrected chi connectivity index (χ4v) is 5.00. The van der Waals surface area contributed by atoms with Crippen LogP contribution in [0, 0.1) is 0 Å². The first kappa shape index (κ1) is 21.1. The van der Waals surface area contributed by atoms with Crippen molar-refractivity contribution in [2.24, 2.45) is 0 Å². The van der Waals surface area contributed by atoms with Gasteiger partial charge >= 0.3 is 6.09 Å². The molecule has 5 rings (SSSR count). The van der Waals surface area contributed by atoms with E-state index < -0.39 is 5.60 Å². The van der Waals surface area contributed by atoms with E-state index in [0.29, 0.717) is 31.5 Å². The van der Waals surface area contributed by atoms with Crippen LogP contribution >= 0.6 is 0 Å². The largest absolute Gasteiger partial charge is 0.454 e. The van der Waals surface area contributed by atoms with E-state index in [1.807, 2.05) is 48.5 Å². The molecule has 2 heterocycles. The number of piperazine rings is 1. The zero-order valence-electron chi connectivity index (χ0n) is 18.2. The predicted molar refractivity (Wildman–Crippen MR) is 118 cm³/mol. The predicted octanol–water partition coefficient (Wildman–Crippen LogP) is 3.50. The first-order valence-corrected chi connectivity index (χ1v) is 11.4. The van der Waals surface area contributed by atoms with Crippen molar-refractivity contribution < 1.29 is 24.1 Å². The minimum absolute atomic E-state index is 0.241. The summed E-state index contributed by atoms with van der Waals surface area (Å²) in [6.07, 6.45) is 3.06. The Bertz CT molecular complexity index is 935. The van der Waals surface area contributed by atoms with E-state index in [1.54, 1.807) is 4.90 Å². The average molecular weight is 439 g/mol. The zero-order valence-corrected chi connectivity index (χ0v) is 18.2. The van der Waals surface area contributed by atoms with Gasteiger partial charge in [-0.3, -0.25) is 4.90 Å². The lowest BCUT2D eigenvalue weighted by atomic mass is 9.77. The van der Waals surface area contributed by atoms with Gasteiger partial charge in [-0.05, 0) is 48.9 Å². The van der Waals surface area contributed by atoms with Crippen molar-refractivity contribution in [2.45, 2.75) is 43.9 Å². The first-order chi connectivity index (χ1) is 15.6. The Hall–Kier alpha value is -2.77. The van der Waals surface area contributed by atoms with Crippen LogP contribution in [-0.2, 0) is 16.9 Å². The van der Waals surface area contributed by atoms with Gasteiger partial charge in [-0.25, -0.2) is 4.79 Å². The molecule has 32 heavy (non-hydrogen) atoms. The van der Waals surface area contributed by atoms with Crippen LogP contribution in [0.5, 0.6) is 11.5 Å². The molecule has 2 aromatic rings. The van der Waals surface area contributed by atoms with Crippen molar-refractivity contribution in [3.8, 4) is 11.5 Å². The van der Waals surface area contributed by atoms with Gasteiger partial charge in [-0.2, -0.15) is 0 Å². The van der Waals surface area contributed by atoms with Gasteiger partial charge in [0, 0.05) is 32.2 Å². The molecule has 0 unspecified atom stereocenters. The highest BCUT2D eigenvalue weighted by atomic mass is 16.7. The Morgan fingerprint density at radius 1 is 1.00 bits per heavy atom. The fraction of sp³-hybridized carbons (Fsp3) is 0.480. The van der Waals surface area contributed by atoms with Crippen molar-refractivity contribution in [1.29, 1.82) is 0 Å². The number of aliphatic hydroxyl groups is 1. The molecule has 1 saturated carbocycles. The van der Waals surface area contributed by atoms with Crippen LogP contribution in [-0.4, -0.2) is 60.0 Å². The molecular weight excluding hydrogens is 408 g/mol. The summed E-state index contributed by atoms with van der Waals surface area (Å²) in [6.45, 7) is 3.58. The van der Waals surface area contributed by atoms with Crippen molar-refractivity contribution in [3.63, 3.8) is 0 Å². The minimum atomic E-state index is -0.819. The summed E-state index contributed by atoms with van der Waals surface area (Å²) in [6, 6.07) is 15.9. The van der Waals surface area contributed by atoms with Crippen LogP contribution in [0.4, 0.5) is 4.79 Å². The summed E-state index contributed by atoms with van der Waals surface area (Å²) in [7, 11) is 0. The molecule has 2 aromatic carbocycles. The summed E-state index contributed by atoms with van der Waals surface area (Å²) >= 11 is 0. The highest BCUT2D eigenvalue weighted by Gasteiger charge is 2.38. The average Bonchev–Trinajstić information content (AvgIpc) is 3.32. The lowest BCUT2D eigenvalue weighted by Crippen LogP contribution is -2.53.